The summed E-state index contributed by atoms with van der Waals surface area (Å²) in [5.74, 6) is 1.69. The Hall–Kier alpha value is -2.16. The zero-order valence-electron chi connectivity index (χ0n) is 17.8. The minimum absolute atomic E-state index is 0.377. The van der Waals surface area contributed by atoms with Crippen LogP contribution in [0.3, 0.4) is 0 Å². The Morgan fingerprint density at radius 3 is 2.45 bits per heavy atom. The second-order valence-electron chi connectivity index (χ2n) is 8.32. The van der Waals surface area contributed by atoms with Gasteiger partial charge in [-0.1, -0.05) is 18.2 Å². The van der Waals surface area contributed by atoms with Gasteiger partial charge in [0.2, 0.25) is 10.0 Å². The van der Waals surface area contributed by atoms with E-state index in [1.54, 1.807) is 28.2 Å². The van der Waals surface area contributed by atoms with E-state index < -0.39 is 10.0 Å². The Labute approximate surface area is 187 Å². The van der Waals surface area contributed by atoms with Crippen LogP contribution in [0.1, 0.15) is 24.0 Å². The van der Waals surface area contributed by atoms with Gasteiger partial charge in [-0.15, -0.1) is 11.8 Å². The lowest BCUT2D eigenvalue weighted by molar-refractivity contribution is 0.266. The molecule has 31 heavy (non-hydrogen) atoms. The number of aryl methyl sites for hydroxylation is 2. The maximum absolute atomic E-state index is 13.5. The maximum atomic E-state index is 13.5. The van der Waals surface area contributed by atoms with Crippen molar-refractivity contribution in [2.24, 2.45) is 0 Å². The van der Waals surface area contributed by atoms with Gasteiger partial charge in [-0.3, -0.25) is 4.98 Å². The monoisotopic (exact) mass is 454 g/mol. The van der Waals surface area contributed by atoms with Gasteiger partial charge in [-0.05, 0) is 62.1 Å². The molecular weight excluding hydrogens is 428 g/mol. The third-order valence-electron chi connectivity index (χ3n) is 6.49. The number of hydrogen-bond acceptors (Lipinski definition) is 6. The highest BCUT2D eigenvalue weighted by Gasteiger charge is 2.50. The average Bonchev–Trinajstić information content (AvgIpc) is 3.19. The molecule has 2 aliphatic rings. The highest BCUT2D eigenvalue weighted by molar-refractivity contribution is 8.02. The summed E-state index contributed by atoms with van der Waals surface area (Å²) in [5, 5.41) is 0. The first-order valence-corrected chi connectivity index (χ1v) is 13.0. The van der Waals surface area contributed by atoms with Crippen molar-refractivity contribution < 1.29 is 8.42 Å². The van der Waals surface area contributed by atoms with Crippen molar-refractivity contribution in [3.63, 3.8) is 0 Å². The van der Waals surface area contributed by atoms with Crippen LogP contribution in [-0.4, -0.2) is 52.9 Å². The molecule has 0 atom stereocenters. The van der Waals surface area contributed by atoms with Gasteiger partial charge >= 0.3 is 0 Å². The van der Waals surface area contributed by atoms with E-state index in [4.69, 9.17) is 4.98 Å². The van der Waals surface area contributed by atoms with Gasteiger partial charge in [0.05, 0.1) is 27.0 Å². The average molecular weight is 455 g/mol. The summed E-state index contributed by atoms with van der Waals surface area (Å²) in [6, 6.07) is 13.3. The van der Waals surface area contributed by atoms with E-state index in [9.17, 15) is 8.42 Å². The summed E-state index contributed by atoms with van der Waals surface area (Å²) in [5.41, 5.74) is 3.88. The number of piperidine rings is 1. The molecule has 1 spiro atoms. The first-order chi connectivity index (χ1) is 14.9. The quantitative estimate of drug-likeness (QED) is 0.596. The lowest BCUT2D eigenvalue weighted by Gasteiger charge is -2.43. The van der Waals surface area contributed by atoms with E-state index in [-0.39, 0.29) is 4.87 Å². The lowest BCUT2D eigenvalue weighted by atomic mass is 10.0. The second-order valence-corrected chi connectivity index (χ2v) is 11.6. The summed E-state index contributed by atoms with van der Waals surface area (Å²) in [6.45, 7) is 6.06. The highest BCUT2D eigenvalue weighted by Crippen LogP contribution is 2.47. The molecule has 0 aliphatic carbocycles. The van der Waals surface area contributed by atoms with Crippen LogP contribution >= 0.6 is 11.8 Å². The molecule has 0 N–H and O–H groups in total. The zero-order valence-corrected chi connectivity index (χ0v) is 19.4. The third kappa shape index (κ3) is 3.60. The number of benzene rings is 2. The molecule has 0 radical (unpaired) electrons. The summed E-state index contributed by atoms with van der Waals surface area (Å²) < 4.78 is 28.9. The zero-order chi connectivity index (χ0) is 21.6. The fraction of sp³-hybridized carbons (Fsp3) is 0.391. The van der Waals surface area contributed by atoms with Crippen LogP contribution < -0.4 is 4.90 Å². The SMILES string of the molecule is Cc1ccc(S(=O)(=O)N2CCSC23CCN(c2cnc4ccccc4n2)CC3)cc1C. The molecular formula is C23H26N4O2S2. The number of hydrogen-bond donors (Lipinski definition) is 0. The molecule has 2 aliphatic heterocycles. The van der Waals surface area contributed by atoms with Gasteiger partial charge in [0, 0.05) is 25.4 Å². The van der Waals surface area contributed by atoms with Crippen LogP contribution in [0.5, 0.6) is 0 Å². The van der Waals surface area contributed by atoms with Crippen molar-refractivity contribution in [2.45, 2.75) is 36.5 Å². The van der Waals surface area contributed by atoms with Crippen LogP contribution in [-0.2, 0) is 10.0 Å². The molecule has 162 valence electrons. The Kier molecular flexibility index (Phi) is 5.19. The van der Waals surface area contributed by atoms with Crippen LogP contribution in [0, 0.1) is 13.8 Å². The fourth-order valence-electron chi connectivity index (χ4n) is 4.51. The number of para-hydroxylation sites is 2. The molecule has 8 heteroatoms. The first-order valence-electron chi connectivity index (χ1n) is 10.6. The number of anilines is 1. The Morgan fingerprint density at radius 1 is 0.968 bits per heavy atom. The molecule has 2 saturated heterocycles. The smallest absolute Gasteiger partial charge is 0.244 e. The number of sulfonamides is 1. The summed E-state index contributed by atoms with van der Waals surface area (Å²) in [4.78, 5) is 11.6. The summed E-state index contributed by atoms with van der Waals surface area (Å²) >= 11 is 1.79. The summed E-state index contributed by atoms with van der Waals surface area (Å²) in [6.07, 6.45) is 3.37. The topological polar surface area (TPSA) is 66.4 Å². The van der Waals surface area contributed by atoms with E-state index in [1.807, 2.05) is 50.4 Å². The molecule has 0 amide bonds. The molecule has 2 fully saturated rings. The highest BCUT2D eigenvalue weighted by atomic mass is 32.2. The van der Waals surface area contributed by atoms with Gasteiger partial charge < -0.3 is 4.90 Å². The van der Waals surface area contributed by atoms with Crippen LogP contribution in [0.4, 0.5) is 5.82 Å². The number of rotatable bonds is 3. The molecule has 6 nitrogen and oxygen atoms in total. The van der Waals surface area contributed by atoms with Crippen molar-refractivity contribution >= 4 is 38.6 Å². The molecule has 5 rings (SSSR count). The van der Waals surface area contributed by atoms with E-state index in [0.717, 1.165) is 59.7 Å². The van der Waals surface area contributed by atoms with E-state index in [2.05, 4.69) is 9.88 Å². The predicted molar refractivity (Wildman–Crippen MR) is 126 cm³/mol. The number of thioether (sulfide) groups is 1. The third-order valence-corrected chi connectivity index (χ3v) is 10.1. The molecule has 2 aromatic carbocycles. The van der Waals surface area contributed by atoms with E-state index in [1.165, 1.54) is 0 Å². The molecule has 1 aromatic heterocycles. The van der Waals surface area contributed by atoms with Crippen molar-refractivity contribution in [1.29, 1.82) is 0 Å². The van der Waals surface area contributed by atoms with E-state index >= 15 is 0 Å². The molecule has 3 aromatic rings. The number of aromatic nitrogens is 2. The van der Waals surface area contributed by atoms with Crippen LogP contribution in [0.2, 0.25) is 0 Å². The van der Waals surface area contributed by atoms with Gasteiger partial charge in [0.15, 0.2) is 0 Å². The van der Waals surface area contributed by atoms with Gasteiger partial charge in [-0.25, -0.2) is 13.4 Å². The molecule has 0 saturated carbocycles. The standard InChI is InChI=1S/C23H26N4O2S2/c1-17-7-8-19(15-18(17)2)31(28,29)27-13-14-30-23(27)9-11-26(12-10-23)22-16-24-20-5-3-4-6-21(20)25-22/h3-8,15-16H,9-14H2,1-2H3. The Bertz CT molecular complexity index is 1240. The van der Waals surface area contributed by atoms with Gasteiger partial charge in [0.25, 0.3) is 0 Å². The van der Waals surface area contributed by atoms with E-state index in [0.29, 0.717) is 11.4 Å². The minimum atomic E-state index is -3.53. The van der Waals surface area contributed by atoms with Crippen molar-refractivity contribution in [3.8, 4) is 0 Å². The lowest BCUT2D eigenvalue weighted by Crippen LogP contribution is -2.52. The number of fused-ring (bicyclic) bond motifs is 1. The van der Waals surface area contributed by atoms with Crippen LogP contribution in [0.25, 0.3) is 11.0 Å². The molecule has 0 unspecified atom stereocenters. The molecule has 3 heterocycles. The Morgan fingerprint density at radius 2 is 1.71 bits per heavy atom. The van der Waals surface area contributed by atoms with Crippen LogP contribution in [0.15, 0.2) is 53.6 Å². The minimum Gasteiger partial charge on any atom is -0.355 e. The fourth-order valence-corrected chi connectivity index (χ4v) is 8.21. The number of nitrogens with zero attached hydrogens (tertiary/aromatic N) is 4. The van der Waals surface area contributed by atoms with Gasteiger partial charge in [-0.2, -0.15) is 4.31 Å². The van der Waals surface area contributed by atoms with Crippen molar-refractivity contribution in [2.75, 3.05) is 30.3 Å². The Balaban J connectivity index is 1.38. The largest absolute Gasteiger partial charge is 0.355 e. The first kappa shape index (κ1) is 20.7. The predicted octanol–water partition coefficient (Wildman–Crippen LogP) is 3.98. The van der Waals surface area contributed by atoms with Crippen molar-refractivity contribution in [1.82, 2.24) is 14.3 Å². The van der Waals surface area contributed by atoms with Gasteiger partial charge in [0.1, 0.15) is 5.82 Å². The van der Waals surface area contributed by atoms with Crippen molar-refractivity contribution in [3.05, 3.63) is 59.8 Å². The molecule has 0 bridgehead atoms. The normalized spacial score (nSPS) is 19.4. The summed E-state index contributed by atoms with van der Waals surface area (Å²) in [7, 11) is -3.53. The maximum Gasteiger partial charge on any atom is 0.244 e. The second kappa shape index (κ2) is 7.76.